The third kappa shape index (κ3) is 1.23. The Balaban J connectivity index is 2.76. The molecule has 0 aliphatic heterocycles. The van der Waals surface area contributed by atoms with Crippen LogP contribution in [0.4, 0.5) is 0 Å². The first-order valence-corrected chi connectivity index (χ1v) is 3.34. The average Bonchev–Trinajstić information content (AvgIpc) is 2.34. The molecule has 0 aromatic heterocycles. The van der Waals surface area contributed by atoms with Gasteiger partial charge in [0.1, 0.15) is 0 Å². The predicted octanol–water partition coefficient (Wildman–Crippen LogP) is 1.42. The van der Waals surface area contributed by atoms with Crippen LogP contribution in [-0.4, -0.2) is 0 Å². The minimum absolute atomic E-state index is 0.690. The fourth-order valence-electron chi connectivity index (χ4n) is 0.833. The van der Waals surface area contributed by atoms with Crippen LogP contribution in [-0.2, 0) is 0 Å². The molecule has 0 aromatic carbocycles. The van der Waals surface area contributed by atoms with Gasteiger partial charge < -0.3 is 5.43 Å². The molecule has 1 rings (SSSR count). The van der Waals surface area contributed by atoms with Gasteiger partial charge >= 0.3 is 0 Å². The van der Waals surface area contributed by atoms with Gasteiger partial charge in [-0.2, -0.15) is 0 Å². The topological polar surface area (TPSA) is 38.0 Å². The summed E-state index contributed by atoms with van der Waals surface area (Å²) < 4.78 is 0. The van der Waals surface area contributed by atoms with Crippen LogP contribution in [0.2, 0.25) is 0 Å². The summed E-state index contributed by atoms with van der Waals surface area (Å²) in [6, 6.07) is 0. The molecule has 1 aliphatic carbocycles. The molecule has 3 N–H and O–H groups in total. The SMILES string of the molecule is C=C(NN)C1=C(Cl)C=CC1. The number of nitrogens with one attached hydrogen (secondary N) is 1. The molecular weight excluding hydrogens is 148 g/mol. The van der Waals surface area contributed by atoms with E-state index < -0.39 is 0 Å². The fourth-order valence-corrected chi connectivity index (χ4v) is 1.11. The summed E-state index contributed by atoms with van der Waals surface area (Å²) >= 11 is 5.79. The van der Waals surface area contributed by atoms with Gasteiger partial charge in [-0.05, 0) is 18.1 Å². The summed E-state index contributed by atoms with van der Waals surface area (Å²) in [5.41, 5.74) is 4.13. The molecule has 54 valence electrons. The first-order valence-electron chi connectivity index (χ1n) is 2.97. The monoisotopic (exact) mass is 156 g/mol. The van der Waals surface area contributed by atoms with Crippen molar-refractivity contribution in [1.29, 1.82) is 0 Å². The van der Waals surface area contributed by atoms with Gasteiger partial charge in [0.05, 0.1) is 0 Å². The molecule has 0 saturated heterocycles. The second-order valence-corrected chi connectivity index (χ2v) is 2.46. The summed E-state index contributed by atoms with van der Waals surface area (Å²) in [5, 5.41) is 0.725. The van der Waals surface area contributed by atoms with E-state index in [1.54, 1.807) is 0 Å². The number of hydrazine groups is 1. The first kappa shape index (κ1) is 7.38. The highest BCUT2D eigenvalue weighted by Gasteiger charge is 2.08. The molecule has 0 aromatic rings. The lowest BCUT2D eigenvalue weighted by Crippen LogP contribution is -2.21. The van der Waals surface area contributed by atoms with E-state index in [0.717, 1.165) is 17.0 Å². The minimum atomic E-state index is 0.690. The van der Waals surface area contributed by atoms with Crippen molar-refractivity contribution in [2.45, 2.75) is 6.42 Å². The average molecular weight is 157 g/mol. The molecule has 2 nitrogen and oxygen atoms in total. The smallest absolute Gasteiger partial charge is 0.0463 e. The Hall–Kier alpha value is -0.730. The van der Waals surface area contributed by atoms with Gasteiger partial charge in [-0.1, -0.05) is 24.3 Å². The Morgan fingerprint density at radius 2 is 2.50 bits per heavy atom. The van der Waals surface area contributed by atoms with Crippen LogP contribution in [0.3, 0.4) is 0 Å². The molecule has 0 heterocycles. The van der Waals surface area contributed by atoms with E-state index in [4.69, 9.17) is 17.4 Å². The Labute approximate surface area is 65.0 Å². The molecule has 0 radical (unpaired) electrons. The number of hydrogen-bond donors (Lipinski definition) is 2. The molecule has 0 atom stereocenters. The molecule has 0 spiro atoms. The van der Waals surface area contributed by atoms with Gasteiger partial charge in [-0.15, -0.1) is 0 Å². The zero-order valence-corrected chi connectivity index (χ0v) is 6.28. The number of hydrogen-bond acceptors (Lipinski definition) is 2. The van der Waals surface area contributed by atoms with E-state index in [1.807, 2.05) is 12.2 Å². The highest BCUT2D eigenvalue weighted by molar-refractivity contribution is 6.32. The number of halogens is 1. The Morgan fingerprint density at radius 1 is 1.80 bits per heavy atom. The van der Waals surface area contributed by atoms with Crippen LogP contribution in [0.1, 0.15) is 6.42 Å². The number of nitrogens with two attached hydrogens (primary N) is 1. The summed E-state index contributed by atoms with van der Waals surface area (Å²) in [7, 11) is 0. The lowest BCUT2D eigenvalue weighted by Gasteiger charge is -2.04. The van der Waals surface area contributed by atoms with Crippen molar-refractivity contribution in [1.82, 2.24) is 5.43 Å². The zero-order chi connectivity index (χ0) is 7.56. The predicted molar refractivity (Wildman–Crippen MR) is 43.1 cm³/mol. The second kappa shape index (κ2) is 2.90. The largest absolute Gasteiger partial charge is 0.324 e. The minimum Gasteiger partial charge on any atom is -0.324 e. The van der Waals surface area contributed by atoms with Crippen LogP contribution >= 0.6 is 11.6 Å². The third-order valence-corrected chi connectivity index (χ3v) is 1.77. The van der Waals surface area contributed by atoms with E-state index in [-0.39, 0.29) is 0 Å². The van der Waals surface area contributed by atoms with Crippen molar-refractivity contribution in [2.75, 3.05) is 0 Å². The van der Waals surface area contributed by atoms with Gasteiger partial charge in [-0.25, -0.2) is 0 Å². The molecule has 0 fully saturated rings. The van der Waals surface area contributed by atoms with Crippen molar-refractivity contribution < 1.29 is 0 Å². The van der Waals surface area contributed by atoms with Crippen molar-refractivity contribution in [3.05, 3.63) is 35.0 Å². The standard InChI is InChI=1S/C7H9ClN2/c1-5(10-9)6-3-2-4-7(6)8/h2,4,10H,1,3,9H2. The third-order valence-electron chi connectivity index (χ3n) is 1.41. The molecule has 0 saturated carbocycles. The van der Waals surface area contributed by atoms with Crippen LogP contribution in [0.5, 0.6) is 0 Å². The summed E-state index contributed by atoms with van der Waals surface area (Å²) in [4.78, 5) is 0. The molecular formula is C7H9ClN2. The maximum atomic E-state index is 5.79. The normalized spacial score (nSPS) is 16.2. The van der Waals surface area contributed by atoms with Crippen molar-refractivity contribution in [3.8, 4) is 0 Å². The van der Waals surface area contributed by atoms with Gasteiger partial charge in [-0.3, -0.25) is 5.84 Å². The van der Waals surface area contributed by atoms with Crippen molar-refractivity contribution in [2.24, 2.45) is 5.84 Å². The second-order valence-electron chi connectivity index (χ2n) is 2.06. The number of allylic oxidation sites excluding steroid dienone is 4. The number of rotatable bonds is 2. The Morgan fingerprint density at radius 3 is 2.90 bits per heavy atom. The van der Waals surface area contributed by atoms with Crippen LogP contribution < -0.4 is 11.3 Å². The lowest BCUT2D eigenvalue weighted by atomic mass is 10.2. The molecule has 1 aliphatic rings. The zero-order valence-electron chi connectivity index (χ0n) is 5.52. The van der Waals surface area contributed by atoms with Crippen molar-refractivity contribution in [3.63, 3.8) is 0 Å². The van der Waals surface area contributed by atoms with Gasteiger partial charge in [0.15, 0.2) is 0 Å². The molecule has 0 unspecified atom stereocenters. The maximum Gasteiger partial charge on any atom is 0.0463 e. The molecule has 0 amide bonds. The molecule has 0 bridgehead atoms. The van der Waals surface area contributed by atoms with E-state index in [9.17, 15) is 0 Å². The fraction of sp³-hybridized carbons (Fsp3) is 0.143. The van der Waals surface area contributed by atoms with Gasteiger partial charge in [0.2, 0.25) is 0 Å². The van der Waals surface area contributed by atoms with Crippen LogP contribution in [0.15, 0.2) is 35.0 Å². The van der Waals surface area contributed by atoms with Gasteiger partial charge in [0.25, 0.3) is 0 Å². The maximum absolute atomic E-state index is 5.79. The molecule has 10 heavy (non-hydrogen) atoms. The van der Waals surface area contributed by atoms with Crippen LogP contribution in [0.25, 0.3) is 0 Å². The highest BCUT2D eigenvalue weighted by Crippen LogP contribution is 2.25. The summed E-state index contributed by atoms with van der Waals surface area (Å²) in [6.07, 6.45) is 4.64. The first-order chi connectivity index (χ1) is 4.75. The van der Waals surface area contributed by atoms with Crippen molar-refractivity contribution >= 4 is 11.6 Å². The molecule has 3 heteroatoms. The van der Waals surface area contributed by atoms with E-state index in [0.29, 0.717) is 5.70 Å². The van der Waals surface area contributed by atoms with Crippen LogP contribution in [0, 0.1) is 0 Å². The summed E-state index contributed by atoms with van der Waals surface area (Å²) in [6.45, 7) is 3.69. The Bertz CT molecular complexity index is 216. The van der Waals surface area contributed by atoms with E-state index in [1.165, 1.54) is 0 Å². The highest BCUT2D eigenvalue weighted by atomic mass is 35.5. The quantitative estimate of drug-likeness (QED) is 0.469. The van der Waals surface area contributed by atoms with Gasteiger partial charge in [0, 0.05) is 10.7 Å². The lowest BCUT2D eigenvalue weighted by molar-refractivity contribution is 0.891. The van der Waals surface area contributed by atoms with E-state index in [2.05, 4.69) is 12.0 Å². The Kier molecular flexibility index (Phi) is 2.14. The summed E-state index contributed by atoms with van der Waals surface area (Å²) in [5.74, 6) is 5.14. The van der Waals surface area contributed by atoms with E-state index >= 15 is 0 Å².